The molecule has 0 spiro atoms. The van der Waals surface area contributed by atoms with E-state index < -0.39 is 15.1 Å². The maximum absolute atomic E-state index is 12.6. The highest BCUT2D eigenvalue weighted by atomic mass is 32.2. The van der Waals surface area contributed by atoms with Crippen molar-refractivity contribution in [3.63, 3.8) is 0 Å². The molecule has 0 saturated carbocycles. The Morgan fingerprint density at radius 1 is 1.29 bits per heavy atom. The van der Waals surface area contributed by atoms with Gasteiger partial charge in [0.15, 0.2) is 9.84 Å². The van der Waals surface area contributed by atoms with Crippen LogP contribution in [0.4, 0.5) is 10.6 Å². The number of anilines is 1. The van der Waals surface area contributed by atoms with Crippen LogP contribution < -0.4 is 10.2 Å². The Balaban J connectivity index is 1.58. The summed E-state index contributed by atoms with van der Waals surface area (Å²) in [7, 11) is -3.09. The highest BCUT2D eigenvalue weighted by molar-refractivity contribution is 7.92. The first-order valence-corrected chi connectivity index (χ1v) is 10.0. The molecule has 1 aromatic heterocycles. The fourth-order valence-corrected chi connectivity index (χ4v) is 4.91. The Labute approximate surface area is 143 Å². The van der Waals surface area contributed by atoms with Gasteiger partial charge in [-0.3, -0.25) is 0 Å². The molecule has 1 N–H and O–H groups in total. The molecule has 3 atom stereocenters. The summed E-state index contributed by atoms with van der Waals surface area (Å²) in [6.07, 6.45) is 2.62. The number of amides is 2. The zero-order chi connectivity index (χ0) is 17.3. The lowest BCUT2D eigenvalue weighted by Gasteiger charge is -2.38. The molecule has 3 unspecified atom stereocenters. The van der Waals surface area contributed by atoms with Gasteiger partial charge in [-0.15, -0.1) is 0 Å². The predicted molar refractivity (Wildman–Crippen MR) is 92.8 cm³/mol. The van der Waals surface area contributed by atoms with Gasteiger partial charge >= 0.3 is 6.03 Å². The van der Waals surface area contributed by atoms with Crippen molar-refractivity contribution in [3.8, 4) is 0 Å². The number of urea groups is 1. The molecule has 1 aromatic rings. The molecule has 0 aromatic carbocycles. The third-order valence-corrected chi connectivity index (χ3v) is 7.38. The maximum atomic E-state index is 12.6. The quantitative estimate of drug-likeness (QED) is 0.854. The Morgan fingerprint density at radius 3 is 2.79 bits per heavy atom. The van der Waals surface area contributed by atoms with Crippen molar-refractivity contribution in [1.82, 2.24) is 15.2 Å². The summed E-state index contributed by atoms with van der Waals surface area (Å²) in [5.41, 5.74) is 0. The van der Waals surface area contributed by atoms with Gasteiger partial charge in [0.2, 0.25) is 0 Å². The van der Waals surface area contributed by atoms with Crippen LogP contribution in [0.5, 0.6) is 0 Å². The lowest BCUT2D eigenvalue weighted by molar-refractivity contribution is 0.175. The van der Waals surface area contributed by atoms with Crippen molar-refractivity contribution in [3.05, 3.63) is 24.4 Å². The molecule has 2 amide bonds. The summed E-state index contributed by atoms with van der Waals surface area (Å²) in [6.45, 7) is 5.31. The number of carbonyl (C=O) groups excluding carboxylic acids is 1. The fourth-order valence-electron chi connectivity index (χ4n) is 3.34. The monoisotopic (exact) mass is 352 g/mol. The third kappa shape index (κ3) is 3.33. The van der Waals surface area contributed by atoms with Gasteiger partial charge in [0.1, 0.15) is 5.82 Å². The van der Waals surface area contributed by atoms with Gasteiger partial charge in [-0.05, 0) is 32.4 Å². The highest BCUT2D eigenvalue weighted by Gasteiger charge is 2.38. The molecule has 8 heteroatoms. The van der Waals surface area contributed by atoms with Crippen LogP contribution in [0.3, 0.4) is 0 Å². The first-order chi connectivity index (χ1) is 11.4. The molecule has 2 saturated heterocycles. The molecule has 3 heterocycles. The van der Waals surface area contributed by atoms with Gasteiger partial charge in [0.25, 0.3) is 0 Å². The molecule has 7 nitrogen and oxygen atoms in total. The van der Waals surface area contributed by atoms with Gasteiger partial charge in [0.05, 0.1) is 11.0 Å². The third-order valence-electron chi connectivity index (χ3n) is 5.10. The van der Waals surface area contributed by atoms with Crippen LogP contribution in [-0.2, 0) is 9.84 Å². The first-order valence-electron chi connectivity index (χ1n) is 8.33. The minimum atomic E-state index is -3.09. The summed E-state index contributed by atoms with van der Waals surface area (Å²) in [6, 6.07) is 5.37. The van der Waals surface area contributed by atoms with Gasteiger partial charge in [-0.25, -0.2) is 18.2 Å². The van der Waals surface area contributed by atoms with E-state index in [1.54, 1.807) is 24.9 Å². The number of aromatic nitrogens is 1. The molecule has 3 rings (SSSR count). The Kier molecular flexibility index (Phi) is 4.67. The van der Waals surface area contributed by atoms with Crippen LogP contribution in [0.2, 0.25) is 0 Å². The van der Waals surface area contributed by atoms with E-state index in [4.69, 9.17) is 0 Å². The van der Waals surface area contributed by atoms with Crippen LogP contribution >= 0.6 is 0 Å². The standard InChI is InChI=1S/C16H24N4O3S/c1-12-13(2)24(22,23)10-9-20(12)16(21)18-14-6-8-19(11-14)15-5-3-4-7-17-15/h3-5,7,12-14H,6,8-11H2,1-2H3,(H,18,21). The van der Waals surface area contributed by atoms with Crippen LogP contribution in [0.1, 0.15) is 20.3 Å². The second-order valence-corrected chi connectivity index (χ2v) is 9.05. The van der Waals surface area contributed by atoms with E-state index in [1.807, 2.05) is 18.2 Å². The number of pyridine rings is 1. The molecule has 2 aliphatic heterocycles. The highest BCUT2D eigenvalue weighted by Crippen LogP contribution is 2.21. The molecular formula is C16H24N4O3S. The van der Waals surface area contributed by atoms with Gasteiger partial charge in [0, 0.05) is 37.9 Å². The zero-order valence-corrected chi connectivity index (χ0v) is 14.9. The summed E-state index contributed by atoms with van der Waals surface area (Å²) in [4.78, 5) is 20.7. The van der Waals surface area contributed by atoms with Crippen molar-refractivity contribution in [2.45, 2.75) is 37.6 Å². The number of sulfone groups is 1. The normalized spacial score (nSPS) is 29.5. The summed E-state index contributed by atoms with van der Waals surface area (Å²) >= 11 is 0. The second kappa shape index (κ2) is 6.58. The van der Waals surface area contributed by atoms with Crippen molar-refractivity contribution in [2.75, 3.05) is 30.3 Å². The van der Waals surface area contributed by atoms with E-state index in [2.05, 4.69) is 15.2 Å². The molecular weight excluding hydrogens is 328 g/mol. The largest absolute Gasteiger partial charge is 0.354 e. The van der Waals surface area contributed by atoms with E-state index in [-0.39, 0.29) is 30.4 Å². The van der Waals surface area contributed by atoms with Crippen molar-refractivity contribution >= 4 is 21.7 Å². The van der Waals surface area contributed by atoms with Crippen LogP contribution in [-0.4, -0.2) is 67.1 Å². The second-order valence-electron chi connectivity index (χ2n) is 6.58. The lowest BCUT2D eigenvalue weighted by atomic mass is 10.2. The predicted octanol–water partition coefficient (Wildman–Crippen LogP) is 0.877. The lowest BCUT2D eigenvalue weighted by Crippen LogP contribution is -2.58. The Hall–Kier alpha value is -1.83. The Bertz CT molecular complexity index is 695. The van der Waals surface area contributed by atoms with Crippen LogP contribution in [0.15, 0.2) is 24.4 Å². The number of hydrogen-bond acceptors (Lipinski definition) is 5. The first kappa shape index (κ1) is 17.0. The number of rotatable bonds is 2. The average molecular weight is 352 g/mol. The van der Waals surface area contributed by atoms with Gasteiger partial charge in [-0.1, -0.05) is 6.07 Å². The summed E-state index contributed by atoms with van der Waals surface area (Å²) in [5.74, 6) is 0.955. The number of nitrogens with zero attached hydrogens (tertiary/aromatic N) is 3. The smallest absolute Gasteiger partial charge is 0.317 e. The van der Waals surface area contributed by atoms with E-state index in [1.165, 1.54) is 0 Å². The van der Waals surface area contributed by atoms with E-state index in [9.17, 15) is 13.2 Å². The van der Waals surface area contributed by atoms with Crippen molar-refractivity contribution in [1.29, 1.82) is 0 Å². The maximum Gasteiger partial charge on any atom is 0.317 e. The summed E-state index contributed by atoms with van der Waals surface area (Å²) < 4.78 is 23.9. The molecule has 2 aliphatic rings. The molecule has 0 radical (unpaired) electrons. The molecule has 0 aliphatic carbocycles. The van der Waals surface area contributed by atoms with Crippen LogP contribution in [0, 0.1) is 0 Å². The SMILES string of the molecule is CC1C(C)S(=O)(=O)CCN1C(=O)NC1CCN(c2ccccn2)C1. The molecule has 24 heavy (non-hydrogen) atoms. The number of carbonyl (C=O) groups is 1. The minimum absolute atomic E-state index is 0.0383. The Morgan fingerprint density at radius 2 is 2.08 bits per heavy atom. The molecule has 132 valence electrons. The van der Waals surface area contributed by atoms with Crippen LogP contribution in [0.25, 0.3) is 0 Å². The summed E-state index contributed by atoms with van der Waals surface area (Å²) in [5, 5.41) is 2.53. The zero-order valence-electron chi connectivity index (χ0n) is 14.1. The van der Waals surface area contributed by atoms with Gasteiger partial charge < -0.3 is 15.1 Å². The van der Waals surface area contributed by atoms with E-state index >= 15 is 0 Å². The number of hydrogen-bond donors (Lipinski definition) is 1. The van der Waals surface area contributed by atoms with Gasteiger partial charge in [-0.2, -0.15) is 0 Å². The topological polar surface area (TPSA) is 82.6 Å². The minimum Gasteiger partial charge on any atom is -0.354 e. The number of nitrogens with one attached hydrogen (secondary N) is 1. The fraction of sp³-hybridized carbons (Fsp3) is 0.625. The molecule has 2 fully saturated rings. The average Bonchev–Trinajstić information content (AvgIpc) is 3.02. The van der Waals surface area contributed by atoms with E-state index in [0.717, 1.165) is 25.3 Å². The van der Waals surface area contributed by atoms with Crippen molar-refractivity contribution in [2.24, 2.45) is 0 Å². The van der Waals surface area contributed by atoms with E-state index in [0.29, 0.717) is 0 Å². The van der Waals surface area contributed by atoms with Crippen molar-refractivity contribution < 1.29 is 13.2 Å². The molecule has 0 bridgehead atoms.